The van der Waals surface area contributed by atoms with E-state index in [4.69, 9.17) is 16.3 Å². The molecule has 4 rings (SSSR count). The molecular formula is C20H18ClNO3S. The van der Waals surface area contributed by atoms with Crippen molar-refractivity contribution in [1.29, 1.82) is 0 Å². The Hall–Kier alpha value is -1.98. The Balaban J connectivity index is 1.51. The average Bonchev–Trinajstić information content (AvgIpc) is 3.21. The number of ether oxygens (including phenoxy) is 1. The highest BCUT2D eigenvalue weighted by Gasteiger charge is 2.57. The number of hydrogen-bond donors (Lipinski definition) is 0. The molecule has 0 N–H and O–H groups in total. The van der Waals surface area contributed by atoms with E-state index in [0.717, 1.165) is 17.5 Å². The maximum absolute atomic E-state index is 12.7. The van der Waals surface area contributed by atoms with Gasteiger partial charge in [-0.3, -0.25) is 4.79 Å². The molecule has 2 saturated heterocycles. The lowest BCUT2D eigenvalue weighted by Crippen LogP contribution is -2.46. The predicted octanol–water partition coefficient (Wildman–Crippen LogP) is 3.97. The second kappa shape index (κ2) is 6.97. The number of esters is 1. The summed E-state index contributed by atoms with van der Waals surface area (Å²) in [5, 5.41) is 0.641. The number of halogens is 1. The molecule has 2 heterocycles. The van der Waals surface area contributed by atoms with Crippen molar-refractivity contribution in [3.05, 3.63) is 70.7 Å². The molecule has 0 saturated carbocycles. The fourth-order valence-electron chi connectivity index (χ4n) is 3.65. The average molecular weight is 388 g/mol. The molecule has 2 aliphatic rings. The van der Waals surface area contributed by atoms with Gasteiger partial charge >= 0.3 is 5.97 Å². The zero-order chi connectivity index (χ0) is 18.1. The van der Waals surface area contributed by atoms with E-state index in [1.165, 1.54) is 0 Å². The predicted molar refractivity (Wildman–Crippen MR) is 102 cm³/mol. The molecule has 134 valence electrons. The first-order valence-corrected chi connectivity index (χ1v) is 9.89. The van der Waals surface area contributed by atoms with E-state index in [0.29, 0.717) is 17.2 Å². The van der Waals surface area contributed by atoms with Crippen molar-refractivity contribution in [3.63, 3.8) is 0 Å². The zero-order valence-corrected chi connectivity index (χ0v) is 15.6. The molecule has 2 atom stereocenters. The van der Waals surface area contributed by atoms with Crippen LogP contribution in [0, 0.1) is 0 Å². The van der Waals surface area contributed by atoms with Gasteiger partial charge in [-0.05, 0) is 29.7 Å². The third kappa shape index (κ3) is 2.99. The Morgan fingerprint density at radius 3 is 2.65 bits per heavy atom. The minimum atomic E-state index is -0.539. The van der Waals surface area contributed by atoms with Crippen molar-refractivity contribution >= 4 is 35.2 Å². The molecule has 0 radical (unpaired) electrons. The van der Waals surface area contributed by atoms with Crippen LogP contribution in [0.4, 0.5) is 0 Å². The summed E-state index contributed by atoms with van der Waals surface area (Å²) in [7, 11) is 0. The number of fused-ring (bicyclic) bond motifs is 1. The van der Waals surface area contributed by atoms with E-state index in [9.17, 15) is 9.59 Å². The van der Waals surface area contributed by atoms with Gasteiger partial charge in [-0.2, -0.15) is 0 Å². The van der Waals surface area contributed by atoms with Crippen LogP contribution in [0.2, 0.25) is 5.02 Å². The van der Waals surface area contributed by atoms with Crippen LogP contribution in [0.3, 0.4) is 0 Å². The van der Waals surface area contributed by atoms with Crippen molar-refractivity contribution in [2.75, 3.05) is 5.75 Å². The number of nitrogens with zero attached hydrogens (tertiary/aromatic N) is 1. The fourth-order valence-corrected chi connectivity index (χ4v) is 5.41. The second-order valence-corrected chi connectivity index (χ2v) is 8.21. The Kier molecular flexibility index (Phi) is 4.67. The summed E-state index contributed by atoms with van der Waals surface area (Å²) in [5.41, 5.74) is 1.94. The number of thioether (sulfide) groups is 1. The van der Waals surface area contributed by atoms with Crippen LogP contribution >= 0.6 is 23.4 Å². The number of carbonyl (C=O) groups excluding carboxylic acids is 2. The van der Waals surface area contributed by atoms with Crippen LogP contribution in [0.15, 0.2) is 54.6 Å². The van der Waals surface area contributed by atoms with E-state index < -0.39 is 10.9 Å². The van der Waals surface area contributed by atoms with Gasteiger partial charge in [0, 0.05) is 17.2 Å². The SMILES string of the molecule is O=C(OCc1ccc(Cl)cc1)[C@@H]1CS[C@@]2(c3ccccc3)CCC(=O)N12. The molecule has 0 spiro atoms. The van der Waals surface area contributed by atoms with Gasteiger partial charge in [0.1, 0.15) is 17.5 Å². The quantitative estimate of drug-likeness (QED) is 0.744. The van der Waals surface area contributed by atoms with E-state index in [1.54, 1.807) is 28.8 Å². The van der Waals surface area contributed by atoms with Crippen LogP contribution in [0.25, 0.3) is 0 Å². The van der Waals surface area contributed by atoms with Crippen molar-refractivity contribution in [2.45, 2.75) is 30.4 Å². The number of hydrogen-bond acceptors (Lipinski definition) is 4. The second-order valence-electron chi connectivity index (χ2n) is 6.48. The first-order chi connectivity index (χ1) is 12.6. The van der Waals surface area contributed by atoms with Gasteiger partial charge in [0.2, 0.25) is 5.91 Å². The first kappa shape index (κ1) is 17.4. The van der Waals surface area contributed by atoms with E-state index >= 15 is 0 Å². The molecule has 0 bridgehead atoms. The van der Waals surface area contributed by atoms with Gasteiger partial charge in [-0.1, -0.05) is 54.1 Å². The lowest BCUT2D eigenvalue weighted by Gasteiger charge is -2.33. The van der Waals surface area contributed by atoms with E-state index in [-0.39, 0.29) is 18.5 Å². The maximum atomic E-state index is 12.7. The molecular weight excluding hydrogens is 370 g/mol. The number of benzene rings is 2. The van der Waals surface area contributed by atoms with E-state index in [1.807, 2.05) is 42.5 Å². The number of rotatable bonds is 4. The lowest BCUT2D eigenvalue weighted by atomic mass is 10.0. The Bertz CT molecular complexity index is 827. The summed E-state index contributed by atoms with van der Waals surface area (Å²) in [5.74, 6) is 0.230. The highest BCUT2D eigenvalue weighted by Crippen LogP contribution is 2.54. The molecule has 2 aromatic carbocycles. The smallest absolute Gasteiger partial charge is 0.330 e. The van der Waals surface area contributed by atoms with Gasteiger partial charge in [0.15, 0.2) is 0 Å². The van der Waals surface area contributed by atoms with Crippen molar-refractivity contribution < 1.29 is 14.3 Å². The summed E-state index contributed by atoms with van der Waals surface area (Å²) in [6.45, 7) is 0.178. The van der Waals surface area contributed by atoms with Gasteiger partial charge in [-0.25, -0.2) is 4.79 Å². The normalized spacial score (nSPS) is 24.6. The topological polar surface area (TPSA) is 46.6 Å². The standard InChI is InChI=1S/C20H18ClNO3S/c21-16-8-6-14(7-9-16)12-25-19(24)17-13-26-20(11-10-18(23)22(17)20)15-4-2-1-3-5-15/h1-9,17H,10-13H2/t17-,20+/m0/s1. The molecule has 6 heteroatoms. The van der Waals surface area contributed by atoms with Crippen LogP contribution in [-0.4, -0.2) is 28.6 Å². The van der Waals surface area contributed by atoms with Crippen LogP contribution in [0.5, 0.6) is 0 Å². The Morgan fingerprint density at radius 2 is 1.92 bits per heavy atom. The third-order valence-electron chi connectivity index (χ3n) is 4.92. The summed E-state index contributed by atoms with van der Waals surface area (Å²) in [6, 6.07) is 16.6. The largest absolute Gasteiger partial charge is 0.459 e. The van der Waals surface area contributed by atoms with E-state index in [2.05, 4.69) is 0 Å². The zero-order valence-electron chi connectivity index (χ0n) is 14.1. The van der Waals surface area contributed by atoms with Crippen molar-refractivity contribution in [3.8, 4) is 0 Å². The van der Waals surface area contributed by atoms with Gasteiger partial charge in [0.25, 0.3) is 0 Å². The van der Waals surface area contributed by atoms with Crippen molar-refractivity contribution in [1.82, 2.24) is 4.90 Å². The van der Waals surface area contributed by atoms with Gasteiger partial charge in [-0.15, -0.1) is 11.8 Å². The summed E-state index contributed by atoms with van der Waals surface area (Å²) in [4.78, 5) is 26.5. The molecule has 26 heavy (non-hydrogen) atoms. The van der Waals surface area contributed by atoms with Gasteiger partial charge in [0.05, 0.1) is 0 Å². The number of amides is 1. The maximum Gasteiger partial charge on any atom is 0.330 e. The van der Waals surface area contributed by atoms with Crippen LogP contribution in [0.1, 0.15) is 24.0 Å². The molecule has 1 amide bonds. The van der Waals surface area contributed by atoms with Gasteiger partial charge < -0.3 is 9.64 Å². The first-order valence-electron chi connectivity index (χ1n) is 8.53. The highest BCUT2D eigenvalue weighted by atomic mass is 35.5. The minimum Gasteiger partial charge on any atom is -0.459 e. The monoisotopic (exact) mass is 387 g/mol. The minimum absolute atomic E-state index is 0.0206. The lowest BCUT2D eigenvalue weighted by molar-refractivity contribution is -0.155. The Morgan fingerprint density at radius 1 is 1.19 bits per heavy atom. The third-order valence-corrected chi connectivity index (χ3v) is 6.77. The van der Waals surface area contributed by atoms with Crippen molar-refractivity contribution in [2.24, 2.45) is 0 Å². The summed E-state index contributed by atoms with van der Waals surface area (Å²) in [6.07, 6.45) is 1.18. The highest BCUT2D eigenvalue weighted by molar-refractivity contribution is 8.00. The molecule has 0 aromatic heterocycles. The Labute approximate surface area is 161 Å². The molecule has 2 aromatic rings. The molecule has 2 aliphatic heterocycles. The van der Waals surface area contributed by atoms with Crippen LogP contribution in [-0.2, 0) is 25.8 Å². The van der Waals surface area contributed by atoms with Crippen LogP contribution < -0.4 is 0 Å². The fraction of sp³-hybridized carbons (Fsp3) is 0.300. The summed E-state index contributed by atoms with van der Waals surface area (Å²) < 4.78 is 5.50. The summed E-state index contributed by atoms with van der Waals surface area (Å²) >= 11 is 7.54. The molecule has 2 fully saturated rings. The molecule has 4 nitrogen and oxygen atoms in total. The number of carbonyl (C=O) groups is 2. The molecule has 0 unspecified atom stereocenters. The molecule has 0 aliphatic carbocycles.